The minimum atomic E-state index is 0.622. The van der Waals surface area contributed by atoms with Crippen molar-refractivity contribution in [1.82, 2.24) is 0 Å². The van der Waals surface area contributed by atoms with Gasteiger partial charge in [0.1, 0.15) is 11.3 Å². The van der Waals surface area contributed by atoms with Gasteiger partial charge in [0.2, 0.25) is 0 Å². The molecule has 1 aromatic carbocycles. The van der Waals surface area contributed by atoms with Gasteiger partial charge in [-0.3, -0.25) is 0 Å². The highest BCUT2D eigenvalue weighted by Gasteiger charge is 2.24. The first-order chi connectivity index (χ1) is 8.86. The molecule has 1 aliphatic rings. The first-order valence-corrected chi connectivity index (χ1v) is 6.34. The van der Waals surface area contributed by atoms with Gasteiger partial charge >= 0.3 is 0 Å². The largest absolute Gasteiger partial charge is 0.493 e. The second kappa shape index (κ2) is 4.50. The molecule has 0 aliphatic carbocycles. The maximum absolute atomic E-state index is 5.82. The topological polar surface area (TPSA) is 48.4 Å². The molecule has 0 radical (unpaired) electrons. The van der Waals surface area contributed by atoms with Gasteiger partial charge in [0.15, 0.2) is 0 Å². The lowest BCUT2D eigenvalue weighted by atomic mass is 9.94. The number of fused-ring (bicyclic) bond motifs is 2. The van der Waals surface area contributed by atoms with Crippen molar-refractivity contribution in [2.45, 2.75) is 19.3 Å². The van der Waals surface area contributed by atoms with Gasteiger partial charge in [-0.1, -0.05) is 6.08 Å². The number of hydrogen-bond acceptors (Lipinski definition) is 3. The fraction of sp³-hybridized carbons (Fsp3) is 0.333. The van der Waals surface area contributed by atoms with Crippen LogP contribution in [0.3, 0.4) is 0 Å². The number of nitrogens with two attached hydrogens (primary N) is 1. The molecule has 0 unspecified atom stereocenters. The summed E-state index contributed by atoms with van der Waals surface area (Å²) in [6.07, 6.45) is 6.25. The number of rotatable bonds is 4. The standard InChI is InChI=1S/C15H17NO2/c1-2-3-10-12-5-8-18-15(12)11(4-7-16)13-6-9-17-14(10)13/h2,6,9H,1,3-5,7-8,16H2. The molecule has 3 nitrogen and oxygen atoms in total. The summed E-state index contributed by atoms with van der Waals surface area (Å²) in [5, 5.41) is 1.14. The molecule has 18 heavy (non-hydrogen) atoms. The lowest BCUT2D eigenvalue weighted by Crippen LogP contribution is -2.05. The van der Waals surface area contributed by atoms with E-state index in [0.29, 0.717) is 6.54 Å². The Morgan fingerprint density at radius 3 is 3.06 bits per heavy atom. The number of hydrogen-bond donors (Lipinski definition) is 1. The van der Waals surface area contributed by atoms with E-state index in [-0.39, 0.29) is 0 Å². The SMILES string of the molecule is C=CCc1c2c(c(CCN)c3ccoc13)OCC2. The molecule has 2 heterocycles. The van der Waals surface area contributed by atoms with E-state index in [1.54, 1.807) is 6.26 Å². The van der Waals surface area contributed by atoms with Crippen molar-refractivity contribution in [2.75, 3.05) is 13.2 Å². The van der Waals surface area contributed by atoms with Crippen LogP contribution in [-0.2, 0) is 19.3 Å². The molecule has 0 atom stereocenters. The van der Waals surface area contributed by atoms with Gasteiger partial charge in [-0.25, -0.2) is 0 Å². The smallest absolute Gasteiger partial charge is 0.138 e. The third kappa shape index (κ3) is 1.55. The molecule has 94 valence electrons. The minimum absolute atomic E-state index is 0.622. The molecule has 2 N–H and O–H groups in total. The summed E-state index contributed by atoms with van der Waals surface area (Å²) >= 11 is 0. The van der Waals surface area contributed by atoms with E-state index >= 15 is 0 Å². The van der Waals surface area contributed by atoms with Crippen LogP contribution in [0.2, 0.25) is 0 Å². The molecule has 3 heteroatoms. The molecule has 0 amide bonds. The Bertz CT molecular complexity index is 598. The van der Waals surface area contributed by atoms with Crippen LogP contribution in [0, 0.1) is 0 Å². The lowest BCUT2D eigenvalue weighted by Gasteiger charge is -2.12. The van der Waals surface area contributed by atoms with Crippen LogP contribution in [0.5, 0.6) is 5.75 Å². The number of allylic oxidation sites excluding steroid dienone is 1. The van der Waals surface area contributed by atoms with Gasteiger partial charge in [-0.05, 0) is 25.5 Å². The van der Waals surface area contributed by atoms with Crippen LogP contribution >= 0.6 is 0 Å². The first-order valence-electron chi connectivity index (χ1n) is 6.34. The van der Waals surface area contributed by atoms with Gasteiger partial charge in [0.25, 0.3) is 0 Å². The van der Waals surface area contributed by atoms with Crippen LogP contribution in [0.4, 0.5) is 0 Å². The van der Waals surface area contributed by atoms with Gasteiger partial charge in [-0.2, -0.15) is 0 Å². The molecule has 1 aromatic heterocycles. The number of benzene rings is 1. The highest BCUT2D eigenvalue weighted by atomic mass is 16.5. The van der Waals surface area contributed by atoms with E-state index in [9.17, 15) is 0 Å². The summed E-state index contributed by atoms with van der Waals surface area (Å²) in [5.41, 5.74) is 10.4. The number of furan rings is 1. The Morgan fingerprint density at radius 2 is 2.28 bits per heavy atom. The fourth-order valence-corrected chi connectivity index (χ4v) is 2.81. The Kier molecular flexibility index (Phi) is 2.84. The zero-order chi connectivity index (χ0) is 12.5. The van der Waals surface area contributed by atoms with Gasteiger partial charge in [0.05, 0.1) is 12.9 Å². The molecule has 0 bridgehead atoms. The van der Waals surface area contributed by atoms with Crippen LogP contribution in [-0.4, -0.2) is 13.2 Å². The Hall–Kier alpha value is -1.74. The molecular weight excluding hydrogens is 226 g/mol. The summed E-state index contributed by atoms with van der Waals surface area (Å²) in [6, 6.07) is 2.01. The molecule has 3 rings (SSSR count). The van der Waals surface area contributed by atoms with Crippen molar-refractivity contribution in [2.24, 2.45) is 5.73 Å². The maximum atomic E-state index is 5.82. The maximum Gasteiger partial charge on any atom is 0.138 e. The summed E-state index contributed by atoms with van der Waals surface area (Å²) < 4.78 is 11.5. The zero-order valence-corrected chi connectivity index (χ0v) is 10.4. The highest BCUT2D eigenvalue weighted by Crippen LogP contribution is 2.40. The minimum Gasteiger partial charge on any atom is -0.493 e. The van der Waals surface area contributed by atoms with E-state index in [1.165, 1.54) is 16.7 Å². The molecule has 2 aromatic rings. The van der Waals surface area contributed by atoms with E-state index in [4.69, 9.17) is 14.9 Å². The van der Waals surface area contributed by atoms with E-state index in [0.717, 1.165) is 42.6 Å². The van der Waals surface area contributed by atoms with Gasteiger partial charge in [-0.15, -0.1) is 6.58 Å². The molecule has 0 fully saturated rings. The summed E-state index contributed by atoms with van der Waals surface area (Å²) in [7, 11) is 0. The Balaban J connectivity index is 2.32. The van der Waals surface area contributed by atoms with E-state index in [1.807, 2.05) is 12.1 Å². The predicted octanol–water partition coefficient (Wildman–Crippen LogP) is 2.60. The Morgan fingerprint density at radius 1 is 1.39 bits per heavy atom. The fourth-order valence-electron chi connectivity index (χ4n) is 2.81. The van der Waals surface area contributed by atoms with Gasteiger partial charge < -0.3 is 14.9 Å². The third-order valence-corrected chi connectivity index (χ3v) is 3.52. The van der Waals surface area contributed by atoms with Crippen LogP contribution in [0.1, 0.15) is 16.7 Å². The normalized spacial score (nSPS) is 13.6. The predicted molar refractivity (Wildman–Crippen MR) is 72.1 cm³/mol. The average Bonchev–Trinajstić information content (AvgIpc) is 3.01. The second-order valence-corrected chi connectivity index (χ2v) is 4.56. The summed E-state index contributed by atoms with van der Waals surface area (Å²) in [5.74, 6) is 1.03. The van der Waals surface area contributed by atoms with Crippen molar-refractivity contribution in [3.8, 4) is 5.75 Å². The molecule has 0 spiro atoms. The first kappa shape index (κ1) is 11.4. The van der Waals surface area contributed by atoms with Crippen molar-refractivity contribution >= 4 is 11.0 Å². The summed E-state index contributed by atoms with van der Waals surface area (Å²) in [4.78, 5) is 0. The summed E-state index contributed by atoms with van der Waals surface area (Å²) in [6.45, 7) is 5.20. The van der Waals surface area contributed by atoms with Crippen LogP contribution < -0.4 is 10.5 Å². The van der Waals surface area contributed by atoms with E-state index < -0.39 is 0 Å². The number of ether oxygens (including phenoxy) is 1. The molecular formula is C15H17NO2. The van der Waals surface area contributed by atoms with Crippen molar-refractivity contribution in [1.29, 1.82) is 0 Å². The van der Waals surface area contributed by atoms with Gasteiger partial charge in [0, 0.05) is 28.5 Å². The quantitative estimate of drug-likeness (QED) is 0.840. The van der Waals surface area contributed by atoms with Crippen LogP contribution in [0.25, 0.3) is 11.0 Å². The molecule has 1 aliphatic heterocycles. The van der Waals surface area contributed by atoms with Crippen LogP contribution in [0.15, 0.2) is 29.4 Å². The third-order valence-electron chi connectivity index (χ3n) is 3.52. The van der Waals surface area contributed by atoms with Crippen molar-refractivity contribution in [3.05, 3.63) is 41.7 Å². The lowest BCUT2D eigenvalue weighted by molar-refractivity contribution is 0.354. The van der Waals surface area contributed by atoms with Crippen molar-refractivity contribution < 1.29 is 9.15 Å². The highest BCUT2D eigenvalue weighted by molar-refractivity contribution is 5.88. The zero-order valence-electron chi connectivity index (χ0n) is 10.4. The molecule has 0 saturated carbocycles. The van der Waals surface area contributed by atoms with Crippen molar-refractivity contribution in [3.63, 3.8) is 0 Å². The monoisotopic (exact) mass is 243 g/mol. The average molecular weight is 243 g/mol. The van der Waals surface area contributed by atoms with E-state index in [2.05, 4.69) is 6.58 Å². The molecule has 0 saturated heterocycles. The Labute approximate surface area is 106 Å². The second-order valence-electron chi connectivity index (χ2n) is 4.56.